The van der Waals surface area contributed by atoms with Gasteiger partial charge in [-0.05, 0) is 81.0 Å². The van der Waals surface area contributed by atoms with Gasteiger partial charge in [-0.25, -0.2) is 12.8 Å². The van der Waals surface area contributed by atoms with Gasteiger partial charge in [0.1, 0.15) is 5.82 Å². The molecule has 1 N–H and O–H groups in total. The summed E-state index contributed by atoms with van der Waals surface area (Å²) in [7, 11) is -3.67. The van der Waals surface area contributed by atoms with Crippen molar-refractivity contribution in [3.63, 3.8) is 0 Å². The third-order valence-corrected chi connectivity index (χ3v) is 8.19. The van der Waals surface area contributed by atoms with Gasteiger partial charge in [-0.2, -0.15) is 4.31 Å². The van der Waals surface area contributed by atoms with Crippen molar-refractivity contribution in [2.24, 2.45) is 0 Å². The van der Waals surface area contributed by atoms with Crippen LogP contribution in [-0.2, 0) is 10.0 Å². The molecule has 2 aromatic rings. The first-order valence-electron chi connectivity index (χ1n) is 11.3. The zero-order valence-electron chi connectivity index (χ0n) is 18.4. The zero-order valence-corrected chi connectivity index (χ0v) is 19.3. The molecule has 2 fully saturated rings. The third kappa shape index (κ3) is 4.81. The first-order valence-corrected chi connectivity index (χ1v) is 12.8. The van der Waals surface area contributed by atoms with Gasteiger partial charge in [0.25, 0.3) is 5.91 Å². The molecule has 2 aromatic carbocycles. The van der Waals surface area contributed by atoms with E-state index in [9.17, 15) is 17.6 Å². The highest BCUT2D eigenvalue weighted by Crippen LogP contribution is 2.30. The Balaban J connectivity index is 1.71. The van der Waals surface area contributed by atoms with Crippen molar-refractivity contribution >= 4 is 27.3 Å². The zero-order chi connectivity index (χ0) is 22.7. The Kier molecular flexibility index (Phi) is 6.81. The number of nitrogens with one attached hydrogen (secondary N) is 1. The Labute approximate surface area is 189 Å². The van der Waals surface area contributed by atoms with Gasteiger partial charge in [0.05, 0.1) is 10.5 Å². The number of anilines is 2. The molecular weight excluding hydrogens is 429 g/mol. The lowest BCUT2D eigenvalue weighted by molar-refractivity contribution is 0.102. The van der Waals surface area contributed by atoms with E-state index in [-0.39, 0.29) is 10.7 Å². The van der Waals surface area contributed by atoms with E-state index in [1.165, 1.54) is 28.6 Å². The Morgan fingerprint density at radius 3 is 2.22 bits per heavy atom. The van der Waals surface area contributed by atoms with Crippen LogP contribution in [0.3, 0.4) is 0 Å². The van der Waals surface area contributed by atoms with Crippen LogP contribution in [0.5, 0.6) is 0 Å². The topological polar surface area (TPSA) is 69.7 Å². The SMILES string of the molecule is Cc1cc(F)ccc1NC(=O)c1cc(S(=O)(=O)N2CCCCC2)ccc1N1CCCCC1. The van der Waals surface area contributed by atoms with Crippen molar-refractivity contribution in [3.05, 3.63) is 53.3 Å². The van der Waals surface area contributed by atoms with Gasteiger partial charge in [0.15, 0.2) is 0 Å². The van der Waals surface area contributed by atoms with Crippen molar-refractivity contribution in [2.45, 2.75) is 50.3 Å². The van der Waals surface area contributed by atoms with Crippen LogP contribution in [0.25, 0.3) is 0 Å². The van der Waals surface area contributed by atoms with Gasteiger partial charge in [-0.3, -0.25) is 4.79 Å². The fourth-order valence-electron chi connectivity index (χ4n) is 4.48. The van der Waals surface area contributed by atoms with E-state index in [4.69, 9.17) is 0 Å². The fraction of sp³-hybridized carbons (Fsp3) is 0.458. The van der Waals surface area contributed by atoms with Crippen LogP contribution >= 0.6 is 0 Å². The smallest absolute Gasteiger partial charge is 0.257 e. The van der Waals surface area contributed by atoms with Crippen LogP contribution in [0, 0.1) is 12.7 Å². The van der Waals surface area contributed by atoms with Crippen LogP contribution < -0.4 is 10.2 Å². The summed E-state index contributed by atoms with van der Waals surface area (Å²) in [6.07, 6.45) is 5.95. The average molecular weight is 460 g/mol. The Bertz CT molecular complexity index is 1090. The molecule has 0 atom stereocenters. The lowest BCUT2D eigenvalue weighted by Crippen LogP contribution is -2.36. The number of carbonyl (C=O) groups is 1. The number of aryl methyl sites for hydroxylation is 1. The second-order valence-electron chi connectivity index (χ2n) is 8.60. The number of rotatable bonds is 5. The number of sulfonamides is 1. The van der Waals surface area contributed by atoms with E-state index in [0.29, 0.717) is 29.9 Å². The lowest BCUT2D eigenvalue weighted by atomic mass is 10.1. The summed E-state index contributed by atoms with van der Waals surface area (Å²) in [5.41, 5.74) is 2.17. The number of piperidine rings is 2. The Morgan fingerprint density at radius 1 is 0.906 bits per heavy atom. The molecule has 6 nitrogen and oxygen atoms in total. The van der Waals surface area contributed by atoms with Crippen LogP contribution in [0.2, 0.25) is 0 Å². The summed E-state index contributed by atoms with van der Waals surface area (Å²) >= 11 is 0. The van der Waals surface area contributed by atoms with Crippen LogP contribution in [-0.4, -0.2) is 44.8 Å². The minimum Gasteiger partial charge on any atom is -0.371 e. The number of amides is 1. The number of hydrogen-bond acceptors (Lipinski definition) is 4. The van der Waals surface area contributed by atoms with E-state index in [1.807, 2.05) is 0 Å². The minimum atomic E-state index is -3.67. The number of benzene rings is 2. The van der Waals surface area contributed by atoms with E-state index in [0.717, 1.165) is 57.3 Å². The number of halogens is 1. The Morgan fingerprint density at radius 2 is 1.56 bits per heavy atom. The second kappa shape index (κ2) is 9.58. The molecule has 32 heavy (non-hydrogen) atoms. The monoisotopic (exact) mass is 459 g/mol. The third-order valence-electron chi connectivity index (χ3n) is 6.30. The van der Waals surface area contributed by atoms with Crippen molar-refractivity contribution in [1.82, 2.24) is 4.31 Å². The maximum Gasteiger partial charge on any atom is 0.257 e. The van der Waals surface area contributed by atoms with Crippen molar-refractivity contribution < 1.29 is 17.6 Å². The van der Waals surface area contributed by atoms with Crippen molar-refractivity contribution in [1.29, 1.82) is 0 Å². The van der Waals surface area contributed by atoms with Crippen LogP contribution in [0.15, 0.2) is 41.3 Å². The lowest BCUT2D eigenvalue weighted by Gasteiger charge is -2.31. The fourth-order valence-corrected chi connectivity index (χ4v) is 6.02. The van der Waals surface area contributed by atoms with E-state index in [1.54, 1.807) is 19.1 Å². The normalized spacial score (nSPS) is 17.9. The molecule has 2 heterocycles. The molecule has 2 aliphatic rings. The van der Waals surface area contributed by atoms with Gasteiger partial charge >= 0.3 is 0 Å². The average Bonchev–Trinajstić information content (AvgIpc) is 2.81. The molecule has 0 aliphatic carbocycles. The summed E-state index contributed by atoms with van der Waals surface area (Å²) in [5.74, 6) is -0.764. The highest BCUT2D eigenvalue weighted by molar-refractivity contribution is 7.89. The predicted octanol–water partition coefficient (Wildman–Crippen LogP) is 4.55. The van der Waals surface area contributed by atoms with E-state index in [2.05, 4.69) is 10.2 Å². The van der Waals surface area contributed by atoms with Crippen LogP contribution in [0.1, 0.15) is 54.4 Å². The van der Waals surface area contributed by atoms with Crippen LogP contribution in [0.4, 0.5) is 15.8 Å². The molecule has 1 amide bonds. The maximum atomic E-state index is 13.5. The summed E-state index contributed by atoms with van der Waals surface area (Å²) in [6.45, 7) is 4.39. The summed E-state index contributed by atoms with van der Waals surface area (Å²) in [4.78, 5) is 15.6. The first kappa shape index (κ1) is 22.7. The number of nitrogens with zero attached hydrogens (tertiary/aromatic N) is 2. The molecule has 0 saturated carbocycles. The van der Waals surface area contributed by atoms with Crippen molar-refractivity contribution in [3.8, 4) is 0 Å². The molecule has 2 aliphatic heterocycles. The molecule has 2 saturated heterocycles. The molecule has 0 spiro atoms. The first-order chi connectivity index (χ1) is 15.4. The standard InChI is InChI=1S/C24H30FN3O3S/c1-18-16-19(25)8-10-22(18)26-24(29)21-17-20(32(30,31)28-14-6-3-7-15-28)9-11-23(21)27-12-4-2-5-13-27/h8-11,16-17H,2-7,12-15H2,1H3,(H,26,29). The summed E-state index contributed by atoms with van der Waals surface area (Å²) < 4.78 is 41.5. The highest BCUT2D eigenvalue weighted by Gasteiger charge is 2.28. The van der Waals surface area contributed by atoms with Gasteiger partial charge in [-0.15, -0.1) is 0 Å². The second-order valence-corrected chi connectivity index (χ2v) is 10.5. The molecule has 8 heteroatoms. The van der Waals surface area contributed by atoms with Crippen molar-refractivity contribution in [2.75, 3.05) is 36.4 Å². The molecule has 0 radical (unpaired) electrons. The highest BCUT2D eigenvalue weighted by atomic mass is 32.2. The molecule has 0 aromatic heterocycles. The number of carbonyl (C=O) groups excluding carboxylic acids is 1. The predicted molar refractivity (Wildman–Crippen MR) is 124 cm³/mol. The maximum absolute atomic E-state index is 13.5. The van der Waals surface area contributed by atoms with Gasteiger partial charge < -0.3 is 10.2 Å². The number of hydrogen-bond donors (Lipinski definition) is 1. The largest absolute Gasteiger partial charge is 0.371 e. The minimum absolute atomic E-state index is 0.140. The van der Waals surface area contributed by atoms with Gasteiger partial charge in [0.2, 0.25) is 10.0 Å². The van der Waals surface area contributed by atoms with E-state index < -0.39 is 15.9 Å². The quantitative estimate of drug-likeness (QED) is 0.712. The summed E-state index contributed by atoms with van der Waals surface area (Å²) in [6, 6.07) is 9.06. The van der Waals surface area contributed by atoms with Gasteiger partial charge in [0, 0.05) is 37.6 Å². The molecule has 4 rings (SSSR count). The Hall–Kier alpha value is -2.45. The summed E-state index contributed by atoms with van der Waals surface area (Å²) in [5, 5.41) is 2.85. The molecule has 172 valence electrons. The van der Waals surface area contributed by atoms with Gasteiger partial charge in [-0.1, -0.05) is 6.42 Å². The van der Waals surface area contributed by atoms with E-state index >= 15 is 0 Å². The molecule has 0 bridgehead atoms. The molecule has 0 unspecified atom stereocenters. The molecular formula is C24H30FN3O3S.